The number of nitrogens with zero attached hydrogens (tertiary/aromatic N) is 3. The van der Waals surface area contributed by atoms with E-state index in [1.165, 1.54) is 24.8 Å². The first-order valence-electron chi connectivity index (χ1n) is 7.93. The molecule has 1 aromatic heterocycles. The maximum atomic E-state index is 12.6. The first-order valence-corrected chi connectivity index (χ1v) is 7.93. The Kier molecular flexibility index (Phi) is 5.22. The van der Waals surface area contributed by atoms with Crippen LogP contribution in [0.15, 0.2) is 61.2 Å². The van der Waals surface area contributed by atoms with Crippen LogP contribution in [0.2, 0.25) is 0 Å². The molecule has 1 atom stereocenters. The lowest BCUT2D eigenvalue weighted by Gasteiger charge is -2.14. The largest absolute Gasteiger partial charge is 0.416 e. The number of carbonyl (C=O) groups is 1. The molecular weight excluding hydrogens is 361 g/mol. The number of nitrogens with one attached hydrogen (secondary N) is 1. The Hall–Kier alpha value is -3.20. The van der Waals surface area contributed by atoms with Crippen molar-refractivity contribution < 1.29 is 23.1 Å². The van der Waals surface area contributed by atoms with E-state index in [0.717, 1.165) is 12.1 Å². The Bertz CT molecular complexity index is 909. The van der Waals surface area contributed by atoms with E-state index in [0.29, 0.717) is 11.3 Å². The van der Waals surface area contributed by atoms with E-state index in [1.807, 2.05) is 0 Å². The molecule has 0 aliphatic rings. The van der Waals surface area contributed by atoms with Gasteiger partial charge in [0.25, 0.3) is 5.91 Å². The number of amides is 1. The number of aromatic nitrogens is 3. The Labute approximate surface area is 152 Å². The van der Waals surface area contributed by atoms with Crippen LogP contribution in [-0.4, -0.2) is 32.3 Å². The van der Waals surface area contributed by atoms with E-state index in [-0.39, 0.29) is 12.1 Å². The molecule has 2 N–H and O–H groups in total. The average Bonchev–Trinajstić information content (AvgIpc) is 3.20. The average molecular weight is 376 g/mol. The van der Waals surface area contributed by atoms with Crippen molar-refractivity contribution in [3.8, 4) is 5.69 Å². The predicted molar refractivity (Wildman–Crippen MR) is 90.1 cm³/mol. The molecule has 140 valence electrons. The summed E-state index contributed by atoms with van der Waals surface area (Å²) >= 11 is 0. The van der Waals surface area contributed by atoms with Crippen molar-refractivity contribution >= 4 is 5.91 Å². The van der Waals surface area contributed by atoms with Crippen LogP contribution in [0.5, 0.6) is 0 Å². The predicted octanol–water partition coefficient (Wildman–Crippen LogP) is 2.75. The molecule has 0 aliphatic carbocycles. The van der Waals surface area contributed by atoms with Gasteiger partial charge in [0.2, 0.25) is 0 Å². The fourth-order valence-electron chi connectivity index (χ4n) is 2.45. The number of aliphatic hydroxyl groups is 1. The fraction of sp³-hybridized carbons (Fsp3) is 0.167. The third-order valence-electron chi connectivity index (χ3n) is 3.90. The maximum absolute atomic E-state index is 12.6. The first-order chi connectivity index (χ1) is 12.8. The zero-order valence-electron chi connectivity index (χ0n) is 13.9. The molecule has 2 aromatic carbocycles. The summed E-state index contributed by atoms with van der Waals surface area (Å²) in [6.45, 7) is -0.138. The Morgan fingerprint density at radius 2 is 1.78 bits per heavy atom. The van der Waals surface area contributed by atoms with Crippen molar-refractivity contribution in [3.63, 3.8) is 0 Å². The Morgan fingerprint density at radius 1 is 1.11 bits per heavy atom. The minimum absolute atomic E-state index is 0.138. The number of hydrogen-bond acceptors (Lipinski definition) is 4. The lowest BCUT2D eigenvalue weighted by molar-refractivity contribution is -0.137. The topological polar surface area (TPSA) is 80.0 Å². The van der Waals surface area contributed by atoms with E-state index >= 15 is 0 Å². The molecule has 1 amide bonds. The second-order valence-electron chi connectivity index (χ2n) is 5.77. The molecule has 0 radical (unpaired) electrons. The quantitative estimate of drug-likeness (QED) is 0.718. The number of carbonyl (C=O) groups excluding carboxylic acids is 1. The summed E-state index contributed by atoms with van der Waals surface area (Å²) in [6, 6.07) is 10.9. The van der Waals surface area contributed by atoms with Gasteiger partial charge in [-0.15, -0.1) is 10.2 Å². The van der Waals surface area contributed by atoms with Crippen molar-refractivity contribution in [2.24, 2.45) is 0 Å². The summed E-state index contributed by atoms with van der Waals surface area (Å²) in [4.78, 5) is 12.3. The molecule has 0 spiro atoms. The van der Waals surface area contributed by atoms with Crippen LogP contribution in [-0.2, 0) is 6.18 Å². The van der Waals surface area contributed by atoms with Crippen LogP contribution >= 0.6 is 0 Å². The van der Waals surface area contributed by atoms with E-state index in [4.69, 9.17) is 0 Å². The minimum atomic E-state index is -4.44. The highest BCUT2D eigenvalue weighted by Gasteiger charge is 2.30. The molecule has 3 rings (SSSR count). The second kappa shape index (κ2) is 7.58. The fourth-order valence-corrected chi connectivity index (χ4v) is 2.45. The van der Waals surface area contributed by atoms with Crippen LogP contribution in [0.3, 0.4) is 0 Å². The van der Waals surface area contributed by atoms with E-state index in [2.05, 4.69) is 15.5 Å². The Balaban J connectivity index is 1.63. The lowest BCUT2D eigenvalue weighted by Crippen LogP contribution is -2.28. The molecule has 3 aromatic rings. The smallest absolute Gasteiger partial charge is 0.387 e. The summed E-state index contributed by atoms with van der Waals surface area (Å²) in [5, 5.41) is 20.1. The highest BCUT2D eigenvalue weighted by molar-refractivity contribution is 5.94. The molecule has 1 heterocycles. The summed E-state index contributed by atoms with van der Waals surface area (Å²) in [5.74, 6) is -0.420. The summed E-state index contributed by atoms with van der Waals surface area (Å²) < 4.78 is 39.3. The number of aliphatic hydroxyl groups excluding tert-OH is 1. The van der Waals surface area contributed by atoms with Gasteiger partial charge in [-0.1, -0.05) is 18.2 Å². The zero-order chi connectivity index (χ0) is 19.4. The normalized spacial score (nSPS) is 12.6. The highest BCUT2D eigenvalue weighted by atomic mass is 19.4. The third-order valence-corrected chi connectivity index (χ3v) is 3.90. The third kappa shape index (κ3) is 4.50. The molecule has 0 aliphatic heterocycles. The summed E-state index contributed by atoms with van der Waals surface area (Å²) in [5.41, 5.74) is 0.534. The van der Waals surface area contributed by atoms with Crippen LogP contribution in [0, 0.1) is 0 Å². The molecular formula is C18H15F3N4O2. The number of hydrogen-bond donors (Lipinski definition) is 2. The molecule has 0 saturated heterocycles. The summed E-state index contributed by atoms with van der Waals surface area (Å²) in [7, 11) is 0. The molecule has 6 nitrogen and oxygen atoms in total. The van der Waals surface area contributed by atoms with Gasteiger partial charge in [-0.25, -0.2) is 0 Å². The van der Waals surface area contributed by atoms with Crippen LogP contribution in [0.4, 0.5) is 13.2 Å². The van der Waals surface area contributed by atoms with Gasteiger partial charge < -0.3 is 10.4 Å². The van der Waals surface area contributed by atoms with Gasteiger partial charge in [-0.3, -0.25) is 9.36 Å². The van der Waals surface area contributed by atoms with Crippen molar-refractivity contribution in [2.75, 3.05) is 6.54 Å². The van der Waals surface area contributed by atoms with Crippen molar-refractivity contribution in [1.29, 1.82) is 0 Å². The Morgan fingerprint density at radius 3 is 2.41 bits per heavy atom. The van der Waals surface area contributed by atoms with Crippen LogP contribution < -0.4 is 5.32 Å². The number of alkyl halides is 3. The van der Waals surface area contributed by atoms with Crippen molar-refractivity contribution in [3.05, 3.63) is 77.9 Å². The molecule has 27 heavy (non-hydrogen) atoms. The highest BCUT2D eigenvalue weighted by Crippen LogP contribution is 2.29. The van der Waals surface area contributed by atoms with Crippen LogP contribution in [0.1, 0.15) is 27.6 Å². The SMILES string of the molecule is O=C(NC[C@H](O)c1ccc(C(F)(F)F)cc1)c1cccc(-n2cnnc2)c1. The van der Waals surface area contributed by atoms with Gasteiger partial charge in [-0.05, 0) is 35.9 Å². The monoisotopic (exact) mass is 376 g/mol. The second-order valence-corrected chi connectivity index (χ2v) is 5.77. The number of rotatable bonds is 5. The van der Waals surface area contributed by atoms with E-state index in [1.54, 1.807) is 28.8 Å². The molecule has 0 saturated carbocycles. The lowest BCUT2D eigenvalue weighted by atomic mass is 10.1. The van der Waals surface area contributed by atoms with Gasteiger partial charge >= 0.3 is 6.18 Å². The van der Waals surface area contributed by atoms with Gasteiger partial charge in [0.05, 0.1) is 11.7 Å². The maximum Gasteiger partial charge on any atom is 0.416 e. The van der Waals surface area contributed by atoms with Gasteiger partial charge in [-0.2, -0.15) is 13.2 Å². The van der Waals surface area contributed by atoms with Gasteiger partial charge in [0, 0.05) is 17.8 Å². The van der Waals surface area contributed by atoms with E-state index in [9.17, 15) is 23.1 Å². The number of benzene rings is 2. The van der Waals surface area contributed by atoms with Gasteiger partial charge in [0.15, 0.2) is 0 Å². The first kappa shape index (κ1) is 18.6. The number of halogens is 3. The molecule has 0 bridgehead atoms. The van der Waals surface area contributed by atoms with Crippen molar-refractivity contribution in [2.45, 2.75) is 12.3 Å². The standard InChI is InChI=1S/C18H15F3N4O2/c19-18(20,21)14-6-4-12(5-7-14)16(26)9-22-17(27)13-2-1-3-15(8-13)25-10-23-24-11-25/h1-8,10-11,16,26H,9H2,(H,22,27)/t16-/m0/s1. The van der Waals surface area contributed by atoms with E-state index < -0.39 is 23.8 Å². The minimum Gasteiger partial charge on any atom is -0.387 e. The van der Waals surface area contributed by atoms with Crippen LogP contribution in [0.25, 0.3) is 5.69 Å². The molecule has 0 unspecified atom stereocenters. The summed E-state index contributed by atoms with van der Waals surface area (Å²) in [6.07, 6.45) is -2.58. The molecule has 9 heteroatoms. The zero-order valence-corrected chi connectivity index (χ0v) is 13.9. The van der Waals surface area contributed by atoms with Gasteiger partial charge in [0.1, 0.15) is 12.7 Å². The molecule has 0 fully saturated rings. The van der Waals surface area contributed by atoms with Crippen molar-refractivity contribution in [1.82, 2.24) is 20.1 Å².